The number of hydrogen-bond donors (Lipinski definition) is 2. The molecule has 2 fully saturated rings. The van der Waals surface area contributed by atoms with E-state index in [9.17, 15) is 14.4 Å². The summed E-state index contributed by atoms with van der Waals surface area (Å²) in [6.45, 7) is 1.68. The number of aromatic amines is 1. The van der Waals surface area contributed by atoms with Gasteiger partial charge in [0, 0.05) is 25.6 Å². The number of nitrogens with one attached hydrogen (secondary N) is 1. The summed E-state index contributed by atoms with van der Waals surface area (Å²) in [7, 11) is 0. The maximum atomic E-state index is 12.9. The number of piperidine rings is 1. The van der Waals surface area contributed by atoms with E-state index in [-0.39, 0.29) is 17.5 Å². The van der Waals surface area contributed by atoms with Crippen LogP contribution in [0.25, 0.3) is 5.69 Å². The van der Waals surface area contributed by atoms with Gasteiger partial charge >= 0.3 is 11.7 Å². The van der Waals surface area contributed by atoms with Gasteiger partial charge in [-0.3, -0.25) is 4.79 Å². The van der Waals surface area contributed by atoms with Gasteiger partial charge in [0.1, 0.15) is 11.9 Å². The lowest BCUT2D eigenvalue weighted by Crippen LogP contribution is -2.51. The molecule has 3 amide bonds. The number of aromatic nitrogens is 3. The molecule has 0 radical (unpaired) electrons. The SMILES string of the molecule is NC(=O)N1CCC[C@@H]1C(=O)N1CCC(c2n[nH]c(=O)n2-c2ccccc2)CC1. The molecule has 4 rings (SSSR count). The summed E-state index contributed by atoms with van der Waals surface area (Å²) >= 11 is 0. The quantitative estimate of drug-likeness (QED) is 0.814. The summed E-state index contributed by atoms with van der Waals surface area (Å²) in [5, 5.41) is 6.80. The Balaban J connectivity index is 1.46. The van der Waals surface area contributed by atoms with E-state index in [1.165, 1.54) is 4.90 Å². The molecule has 0 saturated carbocycles. The number of nitrogens with zero attached hydrogens (tertiary/aromatic N) is 4. The average Bonchev–Trinajstić information content (AvgIpc) is 3.35. The first-order valence-corrected chi connectivity index (χ1v) is 9.64. The molecule has 0 spiro atoms. The molecule has 0 unspecified atom stereocenters. The van der Waals surface area contributed by atoms with Gasteiger partial charge in [-0.1, -0.05) is 18.2 Å². The molecule has 148 valence electrons. The van der Waals surface area contributed by atoms with Crippen LogP contribution in [0.4, 0.5) is 4.79 Å². The van der Waals surface area contributed by atoms with Crippen LogP contribution in [0.3, 0.4) is 0 Å². The van der Waals surface area contributed by atoms with Crippen molar-refractivity contribution in [1.29, 1.82) is 0 Å². The standard InChI is InChI=1S/C19H24N6O3/c20-18(27)24-10-4-7-15(24)17(26)23-11-8-13(9-12-23)16-21-22-19(28)25(16)14-5-2-1-3-6-14/h1-3,5-6,13,15H,4,7-12H2,(H2,20,27)(H,22,28)/t15-/m1/s1. The molecule has 3 N–H and O–H groups in total. The average molecular weight is 384 g/mol. The van der Waals surface area contributed by atoms with Crippen LogP contribution >= 0.6 is 0 Å². The third-order valence-electron chi connectivity index (χ3n) is 5.71. The fraction of sp³-hybridized carbons (Fsp3) is 0.474. The minimum absolute atomic E-state index is 0.0303. The highest BCUT2D eigenvalue weighted by molar-refractivity contribution is 5.87. The lowest BCUT2D eigenvalue weighted by Gasteiger charge is -2.34. The Kier molecular flexibility index (Phi) is 4.89. The normalized spacial score (nSPS) is 20.5. The van der Waals surface area contributed by atoms with E-state index < -0.39 is 12.1 Å². The summed E-state index contributed by atoms with van der Waals surface area (Å²) in [6, 6.07) is 8.43. The number of amides is 3. The number of carbonyl (C=O) groups excluding carboxylic acids is 2. The molecule has 2 aliphatic rings. The monoisotopic (exact) mass is 384 g/mol. The highest BCUT2D eigenvalue weighted by atomic mass is 16.2. The van der Waals surface area contributed by atoms with Crippen molar-refractivity contribution in [2.24, 2.45) is 5.73 Å². The Morgan fingerprint density at radius 2 is 1.79 bits per heavy atom. The predicted octanol–water partition coefficient (Wildman–Crippen LogP) is 0.810. The number of primary amides is 1. The highest BCUT2D eigenvalue weighted by Gasteiger charge is 2.37. The van der Waals surface area contributed by atoms with Gasteiger partial charge in [-0.2, -0.15) is 5.10 Å². The number of carbonyl (C=O) groups is 2. The maximum absolute atomic E-state index is 12.9. The second kappa shape index (κ2) is 7.49. The number of para-hydroxylation sites is 1. The van der Waals surface area contributed by atoms with E-state index in [0.717, 1.165) is 12.1 Å². The number of nitrogens with two attached hydrogens (primary N) is 1. The number of likely N-dealkylation sites (tertiary alicyclic amines) is 2. The van der Waals surface area contributed by atoms with Crippen molar-refractivity contribution in [3.05, 3.63) is 46.6 Å². The topological polar surface area (TPSA) is 117 Å². The van der Waals surface area contributed by atoms with Crippen LogP contribution in [0.5, 0.6) is 0 Å². The molecule has 28 heavy (non-hydrogen) atoms. The van der Waals surface area contributed by atoms with Gasteiger partial charge in [-0.25, -0.2) is 19.3 Å². The van der Waals surface area contributed by atoms with Crippen LogP contribution in [-0.4, -0.2) is 62.2 Å². The van der Waals surface area contributed by atoms with Crippen molar-refractivity contribution in [1.82, 2.24) is 24.6 Å². The molecular formula is C19H24N6O3. The van der Waals surface area contributed by atoms with Gasteiger partial charge in [-0.05, 0) is 37.8 Å². The molecule has 0 aliphatic carbocycles. The Labute approximate surface area is 162 Å². The van der Waals surface area contributed by atoms with Gasteiger partial charge in [-0.15, -0.1) is 0 Å². The van der Waals surface area contributed by atoms with E-state index in [1.807, 2.05) is 30.3 Å². The Morgan fingerprint density at radius 3 is 2.46 bits per heavy atom. The predicted molar refractivity (Wildman–Crippen MR) is 102 cm³/mol. The largest absolute Gasteiger partial charge is 0.351 e. The molecule has 3 heterocycles. The van der Waals surface area contributed by atoms with Crippen molar-refractivity contribution >= 4 is 11.9 Å². The Morgan fingerprint density at radius 1 is 1.07 bits per heavy atom. The number of hydrogen-bond acceptors (Lipinski definition) is 4. The second-order valence-corrected chi connectivity index (χ2v) is 7.35. The molecule has 1 aromatic carbocycles. The van der Waals surface area contributed by atoms with Crippen LogP contribution in [0.1, 0.15) is 37.4 Å². The van der Waals surface area contributed by atoms with Crippen molar-refractivity contribution in [3.63, 3.8) is 0 Å². The summed E-state index contributed by atoms with van der Waals surface area (Å²) < 4.78 is 1.61. The zero-order chi connectivity index (χ0) is 19.7. The zero-order valence-corrected chi connectivity index (χ0v) is 15.6. The summed E-state index contributed by atoms with van der Waals surface area (Å²) in [5.41, 5.74) is 5.91. The van der Waals surface area contributed by atoms with Crippen LogP contribution in [0.15, 0.2) is 35.1 Å². The van der Waals surface area contributed by atoms with Gasteiger partial charge < -0.3 is 15.5 Å². The molecular weight excluding hydrogens is 360 g/mol. The highest BCUT2D eigenvalue weighted by Crippen LogP contribution is 2.29. The number of benzene rings is 1. The van der Waals surface area contributed by atoms with E-state index in [1.54, 1.807) is 9.47 Å². The van der Waals surface area contributed by atoms with Crippen molar-refractivity contribution in [3.8, 4) is 5.69 Å². The maximum Gasteiger partial charge on any atom is 0.347 e. The van der Waals surface area contributed by atoms with Crippen LogP contribution in [0.2, 0.25) is 0 Å². The van der Waals surface area contributed by atoms with Crippen LogP contribution in [0, 0.1) is 0 Å². The smallest absolute Gasteiger partial charge is 0.347 e. The first-order chi connectivity index (χ1) is 13.6. The molecule has 0 bridgehead atoms. The fourth-order valence-corrected chi connectivity index (χ4v) is 4.27. The third-order valence-corrected chi connectivity index (χ3v) is 5.71. The number of rotatable bonds is 3. The van der Waals surface area contributed by atoms with Gasteiger partial charge in [0.25, 0.3) is 0 Å². The van der Waals surface area contributed by atoms with E-state index >= 15 is 0 Å². The summed E-state index contributed by atoms with van der Waals surface area (Å²) in [5.74, 6) is 0.749. The summed E-state index contributed by atoms with van der Waals surface area (Å²) in [6.07, 6.45) is 2.89. The van der Waals surface area contributed by atoms with Crippen molar-refractivity contribution in [2.75, 3.05) is 19.6 Å². The fourth-order valence-electron chi connectivity index (χ4n) is 4.27. The molecule has 9 nitrogen and oxygen atoms in total. The molecule has 2 aliphatic heterocycles. The first kappa shape index (κ1) is 18.3. The van der Waals surface area contributed by atoms with Crippen molar-refractivity contribution in [2.45, 2.75) is 37.6 Å². The molecule has 2 aromatic rings. The summed E-state index contributed by atoms with van der Waals surface area (Å²) in [4.78, 5) is 39.9. The van der Waals surface area contributed by atoms with Gasteiger partial charge in [0.05, 0.1) is 5.69 Å². The molecule has 1 aromatic heterocycles. The second-order valence-electron chi connectivity index (χ2n) is 7.35. The van der Waals surface area contributed by atoms with E-state index in [0.29, 0.717) is 44.7 Å². The first-order valence-electron chi connectivity index (χ1n) is 9.64. The number of H-pyrrole nitrogens is 1. The van der Waals surface area contributed by atoms with Gasteiger partial charge in [0.2, 0.25) is 5.91 Å². The molecule has 2 saturated heterocycles. The van der Waals surface area contributed by atoms with Crippen molar-refractivity contribution < 1.29 is 9.59 Å². The lowest BCUT2D eigenvalue weighted by molar-refractivity contribution is -0.136. The zero-order valence-electron chi connectivity index (χ0n) is 15.6. The minimum atomic E-state index is -0.533. The molecule has 9 heteroatoms. The third kappa shape index (κ3) is 3.28. The van der Waals surface area contributed by atoms with Crippen LogP contribution < -0.4 is 11.4 Å². The van der Waals surface area contributed by atoms with E-state index in [2.05, 4.69) is 10.2 Å². The Bertz CT molecular complexity index is 913. The van der Waals surface area contributed by atoms with Gasteiger partial charge in [0.15, 0.2) is 0 Å². The minimum Gasteiger partial charge on any atom is -0.351 e. The van der Waals surface area contributed by atoms with E-state index in [4.69, 9.17) is 5.73 Å². The molecule has 1 atom stereocenters. The van der Waals surface area contributed by atoms with Crippen LogP contribution in [-0.2, 0) is 4.79 Å². The lowest BCUT2D eigenvalue weighted by atomic mass is 9.95. The Hall–Kier alpha value is -3.10. The number of urea groups is 1.